The highest BCUT2D eigenvalue weighted by Crippen LogP contribution is 2.30. The molecule has 0 spiro atoms. The van der Waals surface area contributed by atoms with E-state index < -0.39 is 0 Å². The van der Waals surface area contributed by atoms with Crippen LogP contribution in [0.2, 0.25) is 0 Å². The summed E-state index contributed by atoms with van der Waals surface area (Å²) in [6, 6.07) is 42.1. The summed E-state index contributed by atoms with van der Waals surface area (Å²) in [4.78, 5) is 14.3. The van der Waals surface area contributed by atoms with Crippen LogP contribution in [0.5, 0.6) is 0 Å². The van der Waals surface area contributed by atoms with E-state index >= 15 is 0 Å². The molecule has 3 aromatic heterocycles. The highest BCUT2D eigenvalue weighted by atomic mass is 14.8. The fraction of sp³-hybridized carbons (Fsp3) is 0. The normalized spacial score (nSPS) is 11.3. The first-order chi connectivity index (χ1) is 17.8. The topological polar surface area (TPSA) is 38.7 Å². The van der Waals surface area contributed by atoms with E-state index in [1.165, 1.54) is 10.8 Å². The Bertz CT molecular complexity index is 1890. The van der Waals surface area contributed by atoms with Crippen molar-refractivity contribution in [1.82, 2.24) is 15.0 Å². The van der Waals surface area contributed by atoms with Crippen molar-refractivity contribution in [3.05, 3.63) is 128 Å². The summed E-state index contributed by atoms with van der Waals surface area (Å²) in [6.45, 7) is 0. The van der Waals surface area contributed by atoms with Gasteiger partial charge in [-0.1, -0.05) is 72.8 Å². The summed E-state index contributed by atoms with van der Waals surface area (Å²) in [5, 5.41) is 4.69. The molecule has 0 unspecified atom stereocenters. The van der Waals surface area contributed by atoms with Gasteiger partial charge in [-0.05, 0) is 70.4 Å². The predicted octanol–water partition coefficient (Wildman–Crippen LogP) is 8.33. The summed E-state index contributed by atoms with van der Waals surface area (Å²) in [5.74, 6) is 0. The smallest absolute Gasteiger partial charge is 0.0893 e. The van der Waals surface area contributed by atoms with Crippen molar-refractivity contribution < 1.29 is 0 Å². The van der Waals surface area contributed by atoms with E-state index in [9.17, 15) is 0 Å². The van der Waals surface area contributed by atoms with E-state index in [0.29, 0.717) is 0 Å². The molecular formula is C33H21N3. The average molecular weight is 460 g/mol. The molecule has 0 bridgehead atoms. The lowest BCUT2D eigenvalue weighted by molar-refractivity contribution is 1.28. The Morgan fingerprint density at radius 1 is 0.361 bits per heavy atom. The summed E-state index contributed by atoms with van der Waals surface area (Å²) < 4.78 is 0. The maximum absolute atomic E-state index is 4.96. The molecule has 168 valence electrons. The van der Waals surface area contributed by atoms with Crippen molar-refractivity contribution in [3.8, 4) is 33.8 Å². The van der Waals surface area contributed by atoms with Crippen LogP contribution in [0.4, 0.5) is 0 Å². The molecule has 0 amide bonds. The number of nitrogens with zero attached hydrogens (tertiary/aromatic N) is 3. The summed E-state index contributed by atoms with van der Waals surface area (Å²) >= 11 is 0. The molecule has 7 rings (SSSR count). The fourth-order valence-electron chi connectivity index (χ4n) is 4.77. The Morgan fingerprint density at radius 2 is 1.03 bits per heavy atom. The highest BCUT2D eigenvalue weighted by Gasteiger charge is 2.07. The van der Waals surface area contributed by atoms with Gasteiger partial charge in [-0.25, -0.2) is 9.97 Å². The molecule has 0 radical (unpaired) electrons. The number of hydrogen-bond donors (Lipinski definition) is 0. The van der Waals surface area contributed by atoms with Gasteiger partial charge in [-0.3, -0.25) is 4.98 Å². The van der Waals surface area contributed by atoms with E-state index in [-0.39, 0.29) is 0 Å². The van der Waals surface area contributed by atoms with E-state index in [1.807, 2.05) is 24.3 Å². The minimum Gasteiger partial charge on any atom is -0.255 e. The second-order valence-electron chi connectivity index (χ2n) is 8.98. The van der Waals surface area contributed by atoms with E-state index in [2.05, 4.69) is 102 Å². The fourth-order valence-corrected chi connectivity index (χ4v) is 4.77. The molecule has 0 saturated heterocycles. The largest absolute Gasteiger partial charge is 0.255 e. The molecule has 7 aromatic rings. The van der Waals surface area contributed by atoms with Crippen molar-refractivity contribution in [3.63, 3.8) is 0 Å². The Kier molecular flexibility index (Phi) is 4.78. The first-order valence-electron chi connectivity index (χ1n) is 12.0. The van der Waals surface area contributed by atoms with Crippen molar-refractivity contribution in [2.75, 3.05) is 0 Å². The van der Waals surface area contributed by atoms with Gasteiger partial charge in [0.05, 0.1) is 28.1 Å². The number of hydrogen-bond acceptors (Lipinski definition) is 3. The maximum Gasteiger partial charge on any atom is 0.0893 e. The zero-order valence-electron chi connectivity index (χ0n) is 19.5. The lowest BCUT2D eigenvalue weighted by atomic mass is 10.0. The van der Waals surface area contributed by atoms with Crippen molar-refractivity contribution in [2.45, 2.75) is 0 Å². The van der Waals surface area contributed by atoms with Crippen LogP contribution in [-0.4, -0.2) is 15.0 Å². The number of pyridine rings is 3. The van der Waals surface area contributed by atoms with Crippen LogP contribution < -0.4 is 0 Å². The highest BCUT2D eigenvalue weighted by molar-refractivity contribution is 5.91. The molecule has 3 nitrogen and oxygen atoms in total. The second-order valence-corrected chi connectivity index (χ2v) is 8.98. The molecule has 3 heteroatoms. The van der Waals surface area contributed by atoms with Gasteiger partial charge in [-0.15, -0.1) is 0 Å². The van der Waals surface area contributed by atoms with Crippen LogP contribution >= 0.6 is 0 Å². The zero-order chi connectivity index (χ0) is 23.9. The van der Waals surface area contributed by atoms with Gasteiger partial charge in [0.15, 0.2) is 0 Å². The van der Waals surface area contributed by atoms with Crippen LogP contribution in [0, 0.1) is 0 Å². The molecule has 36 heavy (non-hydrogen) atoms. The molecule has 0 aliphatic heterocycles. The molecule has 0 aliphatic rings. The van der Waals surface area contributed by atoms with Crippen molar-refractivity contribution in [2.24, 2.45) is 0 Å². The molecular weight excluding hydrogens is 438 g/mol. The van der Waals surface area contributed by atoms with Crippen LogP contribution in [0.3, 0.4) is 0 Å². The Labute approximate surface area is 208 Å². The Morgan fingerprint density at radius 3 is 1.94 bits per heavy atom. The maximum atomic E-state index is 4.96. The van der Waals surface area contributed by atoms with Crippen LogP contribution in [-0.2, 0) is 0 Å². The average Bonchev–Trinajstić information content (AvgIpc) is 2.96. The minimum atomic E-state index is 0.879. The minimum absolute atomic E-state index is 0.879. The summed E-state index contributed by atoms with van der Waals surface area (Å²) in [6.07, 6.45) is 1.80. The van der Waals surface area contributed by atoms with Crippen LogP contribution in [0.25, 0.3) is 66.4 Å². The number of benzene rings is 4. The molecule has 0 fully saturated rings. The first-order valence-corrected chi connectivity index (χ1v) is 12.0. The number of fused-ring (bicyclic) bond motifs is 3. The summed E-state index contributed by atoms with van der Waals surface area (Å²) in [7, 11) is 0. The molecule has 0 atom stereocenters. The lowest BCUT2D eigenvalue weighted by Crippen LogP contribution is -1.89. The van der Waals surface area contributed by atoms with Gasteiger partial charge < -0.3 is 0 Å². The standard InChI is InChI=1S/C33H21N3/c1-2-6-24-19-27(11-8-22(24)5-1)30-16-14-28-20-25(13-15-29(28)35-30)26-10-9-23-12-17-32(36-33(23)21-26)31-7-3-4-18-34-31/h1-21H. The van der Waals surface area contributed by atoms with E-state index in [0.717, 1.165) is 55.6 Å². The van der Waals surface area contributed by atoms with Gasteiger partial charge in [0.1, 0.15) is 0 Å². The van der Waals surface area contributed by atoms with Gasteiger partial charge in [0.25, 0.3) is 0 Å². The van der Waals surface area contributed by atoms with Crippen LogP contribution in [0.1, 0.15) is 0 Å². The number of rotatable bonds is 3. The van der Waals surface area contributed by atoms with Gasteiger partial charge >= 0.3 is 0 Å². The summed E-state index contributed by atoms with van der Waals surface area (Å²) in [5.41, 5.74) is 8.10. The molecule has 0 saturated carbocycles. The van der Waals surface area contributed by atoms with Gasteiger partial charge in [-0.2, -0.15) is 0 Å². The third kappa shape index (κ3) is 3.68. The van der Waals surface area contributed by atoms with Gasteiger partial charge in [0.2, 0.25) is 0 Å². The molecule has 0 N–H and O–H groups in total. The Balaban J connectivity index is 1.26. The monoisotopic (exact) mass is 459 g/mol. The van der Waals surface area contributed by atoms with E-state index in [4.69, 9.17) is 9.97 Å². The van der Waals surface area contributed by atoms with Gasteiger partial charge in [0, 0.05) is 22.5 Å². The van der Waals surface area contributed by atoms with E-state index in [1.54, 1.807) is 6.20 Å². The molecule has 4 aromatic carbocycles. The van der Waals surface area contributed by atoms with Crippen molar-refractivity contribution >= 4 is 32.6 Å². The SMILES string of the molecule is c1ccc(-c2ccc3ccc(-c4ccc5nc(-c6ccc7ccccc7c6)ccc5c4)cc3n2)nc1. The van der Waals surface area contributed by atoms with Crippen molar-refractivity contribution in [1.29, 1.82) is 0 Å². The second kappa shape index (κ2) is 8.40. The quantitative estimate of drug-likeness (QED) is 0.267. The first kappa shape index (κ1) is 20.5. The predicted molar refractivity (Wildman–Crippen MR) is 149 cm³/mol. The Hall–Kier alpha value is -4.89. The number of aromatic nitrogens is 3. The molecule has 3 heterocycles. The molecule has 0 aliphatic carbocycles. The third-order valence-corrected chi connectivity index (χ3v) is 6.69. The van der Waals surface area contributed by atoms with Crippen LogP contribution in [0.15, 0.2) is 128 Å². The third-order valence-electron chi connectivity index (χ3n) is 6.69. The lowest BCUT2D eigenvalue weighted by Gasteiger charge is -2.08. The zero-order valence-corrected chi connectivity index (χ0v) is 19.5.